The van der Waals surface area contributed by atoms with Crippen molar-refractivity contribution < 1.29 is 0 Å². The zero-order valence-electron chi connectivity index (χ0n) is 15.8. The molecule has 0 aromatic heterocycles. The van der Waals surface area contributed by atoms with Crippen LogP contribution in [0.3, 0.4) is 0 Å². The molecular formula is C22H24IN3S. The lowest BCUT2D eigenvalue weighted by atomic mass is 9.79. The summed E-state index contributed by atoms with van der Waals surface area (Å²) < 4.78 is 1.25. The van der Waals surface area contributed by atoms with Gasteiger partial charge in [0.2, 0.25) is 0 Å². The monoisotopic (exact) mass is 489 g/mol. The number of halogens is 1. The molecule has 0 bridgehead atoms. The molecule has 0 N–H and O–H groups in total. The van der Waals surface area contributed by atoms with E-state index in [1.807, 2.05) is 0 Å². The van der Waals surface area contributed by atoms with E-state index in [0.29, 0.717) is 0 Å². The van der Waals surface area contributed by atoms with Gasteiger partial charge in [-0.15, -0.1) is 0 Å². The Bertz CT molecular complexity index is 883. The summed E-state index contributed by atoms with van der Waals surface area (Å²) in [4.78, 5) is 12.6. The molecule has 1 spiro atoms. The molecule has 140 valence electrons. The molecule has 0 atom stereocenters. The van der Waals surface area contributed by atoms with E-state index in [4.69, 9.17) is 9.98 Å². The van der Waals surface area contributed by atoms with Crippen molar-refractivity contribution in [2.45, 2.75) is 44.6 Å². The van der Waals surface area contributed by atoms with Gasteiger partial charge in [-0.1, -0.05) is 43.2 Å². The SMILES string of the molecule is CSC1=NC(=Nc2cccc(C)c2)C2(CCCCC2)N1c1ccc(I)cc1. The van der Waals surface area contributed by atoms with Crippen LogP contribution in [-0.4, -0.2) is 22.8 Å². The Labute approximate surface area is 179 Å². The minimum Gasteiger partial charge on any atom is -0.307 e. The van der Waals surface area contributed by atoms with E-state index in [1.54, 1.807) is 11.8 Å². The maximum absolute atomic E-state index is 5.06. The van der Waals surface area contributed by atoms with E-state index < -0.39 is 0 Å². The average Bonchev–Trinajstić information content (AvgIpc) is 2.96. The fourth-order valence-electron chi connectivity index (χ4n) is 4.15. The number of rotatable bonds is 2. The highest BCUT2D eigenvalue weighted by molar-refractivity contribution is 14.1. The average molecular weight is 489 g/mol. The zero-order chi connectivity index (χ0) is 18.9. The molecule has 0 saturated heterocycles. The van der Waals surface area contributed by atoms with Gasteiger partial charge in [-0.05, 0) is 90.6 Å². The smallest absolute Gasteiger partial charge is 0.170 e. The second kappa shape index (κ2) is 7.95. The summed E-state index contributed by atoms with van der Waals surface area (Å²) in [6.45, 7) is 2.11. The summed E-state index contributed by atoms with van der Waals surface area (Å²) >= 11 is 4.08. The van der Waals surface area contributed by atoms with Gasteiger partial charge in [0.1, 0.15) is 5.54 Å². The van der Waals surface area contributed by atoms with Gasteiger partial charge in [0, 0.05) is 9.26 Å². The van der Waals surface area contributed by atoms with Gasteiger partial charge in [0.05, 0.1) is 5.69 Å². The zero-order valence-corrected chi connectivity index (χ0v) is 18.8. The van der Waals surface area contributed by atoms with Crippen LogP contribution in [0.1, 0.15) is 37.7 Å². The summed E-state index contributed by atoms with van der Waals surface area (Å²) in [6, 6.07) is 17.2. The number of hydrogen-bond donors (Lipinski definition) is 0. The largest absolute Gasteiger partial charge is 0.307 e. The highest BCUT2D eigenvalue weighted by atomic mass is 127. The second-order valence-electron chi connectivity index (χ2n) is 7.28. The molecule has 3 nitrogen and oxygen atoms in total. The van der Waals surface area contributed by atoms with Crippen molar-refractivity contribution in [3.05, 3.63) is 57.7 Å². The molecule has 1 aliphatic heterocycles. The molecule has 4 rings (SSSR count). The molecule has 0 radical (unpaired) electrons. The normalized spacial score (nSPS) is 20.3. The summed E-state index contributed by atoms with van der Waals surface area (Å²) in [7, 11) is 0. The molecule has 2 aliphatic rings. The van der Waals surface area contributed by atoms with E-state index in [2.05, 4.69) is 89.2 Å². The van der Waals surface area contributed by atoms with Crippen LogP contribution in [0.25, 0.3) is 0 Å². The summed E-state index contributed by atoms with van der Waals surface area (Å²) in [5.41, 5.74) is 3.34. The highest BCUT2D eigenvalue weighted by Crippen LogP contribution is 2.44. The van der Waals surface area contributed by atoms with Crippen LogP contribution in [0.5, 0.6) is 0 Å². The molecule has 0 amide bonds. The van der Waals surface area contributed by atoms with Gasteiger partial charge in [0.15, 0.2) is 11.0 Å². The third-order valence-electron chi connectivity index (χ3n) is 5.42. The predicted octanol–water partition coefficient (Wildman–Crippen LogP) is 6.57. The minimum absolute atomic E-state index is 0.118. The van der Waals surface area contributed by atoms with Crippen molar-refractivity contribution in [1.29, 1.82) is 0 Å². The van der Waals surface area contributed by atoms with Crippen LogP contribution in [0.15, 0.2) is 58.5 Å². The lowest BCUT2D eigenvalue weighted by Gasteiger charge is -2.42. The van der Waals surface area contributed by atoms with Crippen LogP contribution in [-0.2, 0) is 0 Å². The molecule has 5 heteroatoms. The molecule has 27 heavy (non-hydrogen) atoms. The van der Waals surface area contributed by atoms with Crippen molar-refractivity contribution in [2.24, 2.45) is 9.98 Å². The molecule has 1 saturated carbocycles. The van der Waals surface area contributed by atoms with Crippen LogP contribution in [0.2, 0.25) is 0 Å². The fraction of sp³-hybridized carbons (Fsp3) is 0.364. The first-order valence-electron chi connectivity index (χ1n) is 9.47. The van der Waals surface area contributed by atoms with Crippen molar-refractivity contribution >= 4 is 56.7 Å². The number of thioether (sulfide) groups is 1. The Hall–Kier alpha value is -1.34. The summed E-state index contributed by atoms with van der Waals surface area (Å²) in [6.07, 6.45) is 8.09. The first kappa shape index (κ1) is 19.0. The number of amidine groups is 2. The molecule has 2 aromatic rings. The predicted molar refractivity (Wildman–Crippen MR) is 127 cm³/mol. The lowest BCUT2D eigenvalue weighted by molar-refractivity contribution is 0.385. The van der Waals surface area contributed by atoms with Crippen LogP contribution >= 0.6 is 34.4 Å². The molecule has 0 unspecified atom stereocenters. The third kappa shape index (κ3) is 3.68. The van der Waals surface area contributed by atoms with Gasteiger partial charge in [-0.2, -0.15) is 0 Å². The molecule has 1 fully saturated rings. The molecule has 1 heterocycles. The lowest BCUT2D eigenvalue weighted by Crippen LogP contribution is -2.52. The minimum atomic E-state index is -0.118. The van der Waals surface area contributed by atoms with Crippen molar-refractivity contribution in [3.63, 3.8) is 0 Å². The topological polar surface area (TPSA) is 28.0 Å². The van der Waals surface area contributed by atoms with Crippen molar-refractivity contribution in [3.8, 4) is 0 Å². The quantitative estimate of drug-likeness (QED) is 0.447. The van der Waals surface area contributed by atoms with Crippen LogP contribution in [0.4, 0.5) is 11.4 Å². The number of aliphatic imine (C=N–C) groups is 2. The first-order chi connectivity index (χ1) is 13.1. The van der Waals surface area contributed by atoms with Gasteiger partial charge in [-0.3, -0.25) is 0 Å². The summed E-state index contributed by atoms with van der Waals surface area (Å²) in [5.74, 6) is 0.982. The van der Waals surface area contributed by atoms with E-state index >= 15 is 0 Å². The van der Waals surface area contributed by atoms with Crippen LogP contribution in [0, 0.1) is 10.5 Å². The van der Waals surface area contributed by atoms with E-state index in [0.717, 1.165) is 29.5 Å². The maximum atomic E-state index is 5.06. The Balaban J connectivity index is 1.83. The standard InChI is InChI=1S/C22H24IN3S/c1-16-7-6-8-18(15-16)24-20-22(13-4-3-5-14-22)26(21(25-20)27-2)19-11-9-17(23)10-12-19/h6-12,15H,3-5,13-14H2,1-2H3. The van der Waals surface area contributed by atoms with Crippen molar-refractivity contribution in [1.82, 2.24) is 0 Å². The van der Waals surface area contributed by atoms with E-state index in [9.17, 15) is 0 Å². The van der Waals surface area contributed by atoms with E-state index in [1.165, 1.54) is 34.1 Å². The molecular weight excluding hydrogens is 465 g/mol. The third-order valence-corrected chi connectivity index (χ3v) is 6.78. The number of benzene rings is 2. The molecule has 2 aromatic carbocycles. The van der Waals surface area contributed by atoms with Gasteiger partial charge in [-0.25, -0.2) is 9.98 Å². The Morgan fingerprint density at radius 2 is 1.81 bits per heavy atom. The number of aryl methyl sites for hydroxylation is 1. The Kier molecular flexibility index (Phi) is 5.60. The first-order valence-corrected chi connectivity index (χ1v) is 11.8. The second-order valence-corrected chi connectivity index (χ2v) is 9.30. The number of anilines is 1. The van der Waals surface area contributed by atoms with Crippen molar-refractivity contribution in [2.75, 3.05) is 11.2 Å². The number of hydrogen-bond acceptors (Lipinski definition) is 3. The Morgan fingerprint density at radius 3 is 2.48 bits per heavy atom. The Morgan fingerprint density at radius 1 is 1.07 bits per heavy atom. The van der Waals surface area contributed by atoms with Gasteiger partial charge >= 0.3 is 0 Å². The molecule has 1 aliphatic carbocycles. The van der Waals surface area contributed by atoms with Gasteiger partial charge < -0.3 is 4.90 Å². The van der Waals surface area contributed by atoms with Gasteiger partial charge in [0.25, 0.3) is 0 Å². The summed E-state index contributed by atoms with van der Waals surface area (Å²) in [5, 5.41) is 1.06. The maximum Gasteiger partial charge on any atom is 0.170 e. The van der Waals surface area contributed by atoms with E-state index in [-0.39, 0.29) is 5.54 Å². The fourth-order valence-corrected chi connectivity index (χ4v) is 5.15. The number of nitrogens with zero attached hydrogens (tertiary/aromatic N) is 3. The highest BCUT2D eigenvalue weighted by Gasteiger charge is 2.49. The van der Waals surface area contributed by atoms with Crippen LogP contribution < -0.4 is 4.90 Å².